The van der Waals surface area contributed by atoms with E-state index in [-0.39, 0.29) is 0 Å². The highest BCUT2D eigenvalue weighted by atomic mass is 16.9. The molecule has 0 fully saturated rings. The Balaban J connectivity index is 5.19. The topological polar surface area (TPSA) is 86.3 Å². The Morgan fingerprint density at radius 1 is 0.393 bits per heavy atom. The molecule has 0 radical (unpaired) electrons. The second-order valence-electron chi connectivity index (χ2n) is 5.98. The molecule has 0 bridgehead atoms. The van der Waals surface area contributed by atoms with Gasteiger partial charge in [-0.3, -0.25) is 0 Å². The van der Waals surface area contributed by atoms with Crippen LogP contribution in [0.25, 0.3) is 0 Å². The van der Waals surface area contributed by atoms with Crippen LogP contribution in [0.5, 0.6) is 0 Å². The van der Waals surface area contributed by atoms with Crippen molar-refractivity contribution >= 4 is 0 Å². The molecule has 0 N–H and O–H groups in total. The van der Waals surface area contributed by atoms with Crippen molar-refractivity contribution in [3.8, 4) is 0 Å². The first-order valence-electron chi connectivity index (χ1n) is 9.02. The van der Waals surface area contributed by atoms with Crippen molar-refractivity contribution < 1.29 is 42.6 Å². The van der Waals surface area contributed by atoms with Crippen molar-refractivity contribution in [1.82, 2.24) is 4.90 Å². The number of nitrogens with zero attached hydrogens (tertiary/aromatic N) is 1. The van der Waals surface area contributed by atoms with Gasteiger partial charge in [0.25, 0.3) is 17.9 Å². The van der Waals surface area contributed by atoms with Gasteiger partial charge in [-0.15, -0.1) is 0 Å². The molecule has 0 saturated carbocycles. The second kappa shape index (κ2) is 13.8. The highest BCUT2D eigenvalue weighted by molar-refractivity contribution is 4.69. The van der Waals surface area contributed by atoms with E-state index in [1.54, 1.807) is 0 Å². The van der Waals surface area contributed by atoms with Crippen molar-refractivity contribution in [2.24, 2.45) is 0 Å². The minimum Gasteiger partial charge on any atom is -0.331 e. The minimum absolute atomic E-state index is 0.469. The predicted molar refractivity (Wildman–Crippen MR) is 102 cm³/mol. The SMILES string of the molecule is COC(CCN(CCC(OC)(OC)OC)CCC(OC)(OC)OC)(OC)OC. The van der Waals surface area contributed by atoms with Crippen molar-refractivity contribution in [2.45, 2.75) is 37.2 Å². The molecule has 0 amide bonds. The maximum absolute atomic E-state index is 5.39. The van der Waals surface area contributed by atoms with Crippen LogP contribution in [0.1, 0.15) is 19.3 Å². The summed E-state index contributed by atoms with van der Waals surface area (Å²) in [6.45, 7) is 1.78. The van der Waals surface area contributed by atoms with E-state index < -0.39 is 17.9 Å². The summed E-state index contributed by atoms with van der Waals surface area (Å²) in [5.74, 6) is -3.38. The minimum atomic E-state index is -1.13. The zero-order chi connectivity index (χ0) is 21.7. The van der Waals surface area contributed by atoms with Crippen LogP contribution in [0, 0.1) is 0 Å². The molecule has 28 heavy (non-hydrogen) atoms. The van der Waals surface area contributed by atoms with E-state index in [1.165, 1.54) is 64.0 Å². The summed E-state index contributed by atoms with van der Waals surface area (Å²) in [6, 6.07) is 0. The molecule has 0 spiro atoms. The second-order valence-corrected chi connectivity index (χ2v) is 5.98. The summed E-state index contributed by atoms with van der Waals surface area (Å²) in [7, 11) is 13.8. The molecule has 0 aliphatic heterocycles. The van der Waals surface area contributed by atoms with Gasteiger partial charge in [-0.25, -0.2) is 0 Å². The van der Waals surface area contributed by atoms with Gasteiger partial charge in [0.05, 0.1) is 0 Å². The van der Waals surface area contributed by atoms with Crippen LogP contribution < -0.4 is 0 Å². The fourth-order valence-corrected chi connectivity index (χ4v) is 2.89. The van der Waals surface area contributed by atoms with Crippen LogP contribution in [0.15, 0.2) is 0 Å². The number of methoxy groups -OCH3 is 9. The van der Waals surface area contributed by atoms with Crippen molar-refractivity contribution in [3.05, 3.63) is 0 Å². The number of rotatable bonds is 18. The zero-order valence-electron chi connectivity index (χ0n) is 18.9. The van der Waals surface area contributed by atoms with E-state index >= 15 is 0 Å². The molecule has 0 saturated heterocycles. The van der Waals surface area contributed by atoms with Crippen LogP contribution in [0.4, 0.5) is 0 Å². The summed E-state index contributed by atoms with van der Waals surface area (Å²) in [6.07, 6.45) is 1.41. The highest BCUT2D eigenvalue weighted by Gasteiger charge is 2.35. The summed E-state index contributed by atoms with van der Waals surface area (Å²) < 4.78 is 48.5. The third kappa shape index (κ3) is 7.79. The molecular formula is C18H39NO9. The van der Waals surface area contributed by atoms with Crippen molar-refractivity contribution in [3.63, 3.8) is 0 Å². The maximum atomic E-state index is 5.39. The Labute approximate surface area is 169 Å². The Kier molecular flexibility index (Phi) is 13.6. The van der Waals surface area contributed by atoms with E-state index in [1.807, 2.05) is 0 Å². The average molecular weight is 414 g/mol. The molecule has 0 aliphatic rings. The van der Waals surface area contributed by atoms with Gasteiger partial charge < -0.3 is 47.5 Å². The molecule has 170 valence electrons. The third-order valence-corrected chi connectivity index (χ3v) is 5.00. The highest BCUT2D eigenvalue weighted by Crippen LogP contribution is 2.23. The molecular weight excluding hydrogens is 374 g/mol. The number of hydrogen-bond acceptors (Lipinski definition) is 10. The quantitative estimate of drug-likeness (QED) is 0.306. The molecule has 0 aromatic heterocycles. The molecule has 0 aromatic carbocycles. The van der Waals surface area contributed by atoms with Crippen LogP contribution in [0.3, 0.4) is 0 Å². The van der Waals surface area contributed by atoms with E-state index in [4.69, 9.17) is 42.6 Å². The first kappa shape index (κ1) is 27.6. The Bertz CT molecular complexity index is 303. The van der Waals surface area contributed by atoms with Crippen LogP contribution in [-0.2, 0) is 42.6 Å². The first-order valence-corrected chi connectivity index (χ1v) is 9.02. The van der Waals surface area contributed by atoms with Crippen molar-refractivity contribution in [1.29, 1.82) is 0 Å². The molecule has 0 aromatic rings. The lowest BCUT2D eigenvalue weighted by atomic mass is 10.2. The standard InChI is InChI=1S/C18H39NO9/c1-20-16(21-2,22-3)10-13-19(14-11-17(23-4,24-5)25-6)15-12-18(26-7,27-8)28-9/h10-15H2,1-9H3. The summed E-state index contributed by atoms with van der Waals surface area (Å²) >= 11 is 0. The molecule has 10 nitrogen and oxygen atoms in total. The predicted octanol–water partition coefficient (Wildman–Crippen LogP) is 1.24. The molecule has 0 heterocycles. The molecule has 0 aliphatic carbocycles. The van der Waals surface area contributed by atoms with Crippen LogP contribution in [-0.4, -0.2) is 106 Å². The smallest absolute Gasteiger partial charge is 0.283 e. The molecule has 0 unspecified atom stereocenters. The van der Waals surface area contributed by atoms with E-state index in [2.05, 4.69) is 4.90 Å². The van der Waals surface area contributed by atoms with Gasteiger partial charge in [-0.1, -0.05) is 0 Å². The fraction of sp³-hybridized carbons (Fsp3) is 1.00. The third-order valence-electron chi connectivity index (χ3n) is 5.00. The maximum Gasteiger partial charge on any atom is 0.283 e. The van der Waals surface area contributed by atoms with E-state index in [9.17, 15) is 0 Å². The normalized spacial score (nSPS) is 13.5. The Morgan fingerprint density at radius 3 is 0.714 bits per heavy atom. The van der Waals surface area contributed by atoms with Gasteiger partial charge in [0, 0.05) is 103 Å². The Morgan fingerprint density at radius 2 is 0.571 bits per heavy atom. The summed E-state index contributed by atoms with van der Waals surface area (Å²) in [5.41, 5.74) is 0. The number of ether oxygens (including phenoxy) is 9. The molecule has 0 rings (SSSR count). The summed E-state index contributed by atoms with van der Waals surface area (Å²) in [4.78, 5) is 2.14. The number of hydrogen-bond donors (Lipinski definition) is 0. The van der Waals surface area contributed by atoms with Gasteiger partial charge in [0.15, 0.2) is 0 Å². The Hall–Kier alpha value is -0.400. The van der Waals surface area contributed by atoms with Crippen LogP contribution >= 0.6 is 0 Å². The van der Waals surface area contributed by atoms with Gasteiger partial charge in [-0.05, 0) is 0 Å². The monoisotopic (exact) mass is 413 g/mol. The first-order chi connectivity index (χ1) is 13.3. The van der Waals surface area contributed by atoms with Crippen molar-refractivity contribution in [2.75, 3.05) is 83.6 Å². The fourth-order valence-electron chi connectivity index (χ4n) is 2.89. The van der Waals surface area contributed by atoms with E-state index in [0.29, 0.717) is 38.9 Å². The van der Waals surface area contributed by atoms with Gasteiger partial charge in [0.2, 0.25) is 0 Å². The molecule has 10 heteroatoms. The largest absolute Gasteiger partial charge is 0.331 e. The lowest BCUT2D eigenvalue weighted by Gasteiger charge is -2.36. The van der Waals surface area contributed by atoms with Gasteiger partial charge in [-0.2, -0.15) is 0 Å². The lowest BCUT2D eigenvalue weighted by molar-refractivity contribution is -0.362. The zero-order valence-corrected chi connectivity index (χ0v) is 18.9. The van der Waals surface area contributed by atoms with Gasteiger partial charge >= 0.3 is 0 Å². The lowest BCUT2D eigenvalue weighted by Crippen LogP contribution is -2.45. The van der Waals surface area contributed by atoms with Crippen LogP contribution in [0.2, 0.25) is 0 Å². The molecule has 0 atom stereocenters. The van der Waals surface area contributed by atoms with E-state index in [0.717, 1.165) is 0 Å². The summed E-state index contributed by atoms with van der Waals surface area (Å²) in [5, 5.41) is 0. The van der Waals surface area contributed by atoms with Gasteiger partial charge in [0.1, 0.15) is 0 Å². The average Bonchev–Trinajstić information content (AvgIpc) is 2.76.